The van der Waals surface area contributed by atoms with E-state index in [1.807, 2.05) is 25.1 Å². The first-order valence-corrected chi connectivity index (χ1v) is 7.89. The second kappa shape index (κ2) is 8.67. The highest BCUT2D eigenvalue weighted by Crippen LogP contribution is 2.15. The Bertz CT molecular complexity index is 455. The van der Waals surface area contributed by atoms with Crippen molar-refractivity contribution in [2.24, 2.45) is 0 Å². The summed E-state index contributed by atoms with van der Waals surface area (Å²) in [5.41, 5.74) is 2.81. The van der Waals surface area contributed by atoms with Crippen LogP contribution in [0.1, 0.15) is 43.6 Å². The van der Waals surface area contributed by atoms with E-state index in [0.717, 1.165) is 43.0 Å². The average molecular weight is 291 g/mol. The van der Waals surface area contributed by atoms with Crippen molar-refractivity contribution in [2.45, 2.75) is 40.7 Å². The first kappa shape index (κ1) is 17.5. The van der Waals surface area contributed by atoms with Gasteiger partial charge in [-0.25, -0.2) is 0 Å². The molecular weight excluding hydrogens is 262 g/mol. The molecule has 1 rings (SSSR count). The van der Waals surface area contributed by atoms with Gasteiger partial charge in [0.15, 0.2) is 0 Å². The normalized spacial score (nSPS) is 12.3. The summed E-state index contributed by atoms with van der Waals surface area (Å²) in [4.78, 5) is 14.7. The van der Waals surface area contributed by atoms with Gasteiger partial charge in [-0.15, -0.1) is 0 Å². The van der Waals surface area contributed by atoms with E-state index in [1.165, 1.54) is 0 Å². The summed E-state index contributed by atoms with van der Waals surface area (Å²) >= 11 is 0. The number of amides is 1. The van der Waals surface area contributed by atoms with Gasteiger partial charge in [-0.2, -0.15) is 0 Å². The van der Waals surface area contributed by atoms with Crippen molar-refractivity contribution in [3.63, 3.8) is 0 Å². The van der Waals surface area contributed by atoms with Gasteiger partial charge in [0.1, 0.15) is 0 Å². The Balaban J connectivity index is 2.66. The molecule has 21 heavy (non-hydrogen) atoms. The van der Waals surface area contributed by atoms with Gasteiger partial charge in [0.05, 0.1) is 0 Å². The minimum absolute atomic E-state index is 0.00945. The van der Waals surface area contributed by atoms with E-state index >= 15 is 0 Å². The Morgan fingerprint density at radius 2 is 1.90 bits per heavy atom. The summed E-state index contributed by atoms with van der Waals surface area (Å²) in [6, 6.07) is 6.02. The van der Waals surface area contributed by atoms with Crippen LogP contribution in [0, 0.1) is 6.92 Å². The lowest BCUT2D eigenvalue weighted by molar-refractivity contribution is 0.0929. The van der Waals surface area contributed by atoms with E-state index in [1.54, 1.807) is 0 Å². The predicted octanol–water partition coefficient (Wildman–Crippen LogP) is 2.89. The summed E-state index contributed by atoms with van der Waals surface area (Å²) in [6.07, 6.45) is 0. The Morgan fingerprint density at radius 1 is 1.24 bits per heavy atom. The molecule has 0 saturated carbocycles. The van der Waals surface area contributed by atoms with Crippen molar-refractivity contribution >= 4 is 11.6 Å². The molecule has 1 amide bonds. The van der Waals surface area contributed by atoms with E-state index < -0.39 is 0 Å². The molecular formula is C17H29N3O. The molecule has 1 aromatic carbocycles. The lowest BCUT2D eigenvalue weighted by Gasteiger charge is -2.23. The number of rotatable bonds is 8. The highest BCUT2D eigenvalue weighted by molar-refractivity contribution is 5.96. The standard InChI is InChI=1S/C17H29N3O/c1-6-18-15-9-10-16(13(4)11-15)17(21)19-14(5)12-20(7-2)8-3/h9-11,14,18H,6-8,12H2,1-5H3,(H,19,21). The third-order valence-electron chi connectivity index (χ3n) is 3.66. The third-order valence-corrected chi connectivity index (χ3v) is 3.66. The predicted molar refractivity (Wildman–Crippen MR) is 90.1 cm³/mol. The van der Waals surface area contributed by atoms with Gasteiger partial charge in [0, 0.05) is 30.4 Å². The van der Waals surface area contributed by atoms with Crippen molar-refractivity contribution in [3.8, 4) is 0 Å². The van der Waals surface area contributed by atoms with E-state index in [4.69, 9.17) is 0 Å². The lowest BCUT2D eigenvalue weighted by atomic mass is 10.1. The molecule has 0 fully saturated rings. The van der Waals surface area contributed by atoms with Gasteiger partial charge >= 0.3 is 0 Å². The van der Waals surface area contributed by atoms with Crippen LogP contribution in [0.4, 0.5) is 5.69 Å². The van der Waals surface area contributed by atoms with Gasteiger partial charge in [-0.3, -0.25) is 4.79 Å². The molecule has 0 heterocycles. The largest absolute Gasteiger partial charge is 0.385 e. The quantitative estimate of drug-likeness (QED) is 0.774. The Kier molecular flexibility index (Phi) is 7.23. The molecule has 0 spiro atoms. The van der Waals surface area contributed by atoms with Crippen LogP contribution >= 0.6 is 0 Å². The molecule has 1 aromatic rings. The van der Waals surface area contributed by atoms with E-state index in [0.29, 0.717) is 0 Å². The number of hydrogen-bond acceptors (Lipinski definition) is 3. The maximum absolute atomic E-state index is 12.4. The van der Waals surface area contributed by atoms with Crippen molar-refractivity contribution in [1.29, 1.82) is 0 Å². The van der Waals surface area contributed by atoms with E-state index in [9.17, 15) is 4.79 Å². The average Bonchev–Trinajstić information content (AvgIpc) is 2.45. The molecule has 1 atom stereocenters. The number of carbonyl (C=O) groups is 1. The summed E-state index contributed by atoms with van der Waals surface area (Å²) in [5.74, 6) is 0.00945. The van der Waals surface area contributed by atoms with Crippen molar-refractivity contribution in [2.75, 3.05) is 31.5 Å². The first-order valence-electron chi connectivity index (χ1n) is 7.89. The van der Waals surface area contributed by atoms with E-state index in [2.05, 4.69) is 43.2 Å². The Morgan fingerprint density at radius 3 is 2.43 bits per heavy atom. The number of hydrogen-bond donors (Lipinski definition) is 2. The van der Waals surface area contributed by atoms with Crippen LogP contribution in [0.3, 0.4) is 0 Å². The zero-order valence-electron chi connectivity index (χ0n) is 14.0. The molecule has 118 valence electrons. The molecule has 0 aliphatic heterocycles. The molecule has 4 nitrogen and oxygen atoms in total. The summed E-state index contributed by atoms with van der Waals surface area (Å²) in [7, 11) is 0. The van der Waals surface area contributed by atoms with Crippen molar-refractivity contribution in [3.05, 3.63) is 29.3 Å². The van der Waals surface area contributed by atoms with Crippen LogP contribution in [-0.2, 0) is 0 Å². The maximum Gasteiger partial charge on any atom is 0.251 e. The number of nitrogens with zero attached hydrogens (tertiary/aromatic N) is 1. The lowest BCUT2D eigenvalue weighted by Crippen LogP contribution is -2.42. The maximum atomic E-state index is 12.4. The van der Waals surface area contributed by atoms with Crippen molar-refractivity contribution < 1.29 is 4.79 Å². The molecule has 2 N–H and O–H groups in total. The summed E-state index contributed by atoms with van der Waals surface area (Å²) in [5, 5.41) is 6.34. The molecule has 0 aromatic heterocycles. The summed E-state index contributed by atoms with van der Waals surface area (Å²) in [6.45, 7) is 14.1. The van der Waals surface area contributed by atoms with Crippen LogP contribution < -0.4 is 10.6 Å². The number of likely N-dealkylation sites (N-methyl/N-ethyl adjacent to an activating group) is 1. The number of anilines is 1. The fraction of sp³-hybridized carbons (Fsp3) is 0.588. The van der Waals surface area contributed by atoms with Crippen LogP contribution in [0.2, 0.25) is 0 Å². The highest BCUT2D eigenvalue weighted by atomic mass is 16.1. The minimum Gasteiger partial charge on any atom is -0.385 e. The van der Waals surface area contributed by atoms with Gasteiger partial charge in [0.2, 0.25) is 0 Å². The molecule has 0 aliphatic carbocycles. The number of nitrogens with one attached hydrogen (secondary N) is 2. The van der Waals surface area contributed by atoms with Gasteiger partial charge in [0.25, 0.3) is 5.91 Å². The molecule has 0 saturated heterocycles. The van der Waals surface area contributed by atoms with Gasteiger partial charge in [-0.1, -0.05) is 13.8 Å². The van der Waals surface area contributed by atoms with Gasteiger partial charge in [-0.05, 0) is 57.6 Å². The van der Waals surface area contributed by atoms with Crippen molar-refractivity contribution in [1.82, 2.24) is 10.2 Å². The topological polar surface area (TPSA) is 44.4 Å². The molecule has 0 aliphatic rings. The number of carbonyl (C=O) groups excluding carboxylic acids is 1. The molecule has 4 heteroatoms. The van der Waals surface area contributed by atoms with Crippen LogP contribution in [-0.4, -0.2) is 43.0 Å². The smallest absolute Gasteiger partial charge is 0.251 e. The molecule has 0 radical (unpaired) electrons. The fourth-order valence-electron chi connectivity index (χ4n) is 2.45. The van der Waals surface area contributed by atoms with Gasteiger partial charge < -0.3 is 15.5 Å². The monoisotopic (exact) mass is 291 g/mol. The zero-order valence-corrected chi connectivity index (χ0v) is 14.0. The molecule has 1 unspecified atom stereocenters. The SMILES string of the molecule is CCNc1ccc(C(=O)NC(C)CN(CC)CC)c(C)c1. The second-order valence-corrected chi connectivity index (χ2v) is 5.42. The second-order valence-electron chi connectivity index (χ2n) is 5.42. The fourth-order valence-corrected chi connectivity index (χ4v) is 2.45. The zero-order chi connectivity index (χ0) is 15.8. The Labute approximate surface area is 128 Å². The minimum atomic E-state index is 0.00945. The van der Waals surface area contributed by atoms with E-state index in [-0.39, 0.29) is 11.9 Å². The number of benzene rings is 1. The van der Waals surface area contributed by atoms with Crippen LogP contribution in [0.25, 0.3) is 0 Å². The van der Waals surface area contributed by atoms with Crippen LogP contribution in [0.15, 0.2) is 18.2 Å². The molecule has 0 bridgehead atoms. The summed E-state index contributed by atoms with van der Waals surface area (Å²) < 4.78 is 0. The number of aryl methyl sites for hydroxylation is 1. The highest BCUT2D eigenvalue weighted by Gasteiger charge is 2.14. The van der Waals surface area contributed by atoms with Crippen LogP contribution in [0.5, 0.6) is 0 Å². The first-order chi connectivity index (χ1) is 10.0. The Hall–Kier alpha value is -1.55. The third kappa shape index (κ3) is 5.38.